The van der Waals surface area contributed by atoms with Gasteiger partial charge < -0.3 is 14.8 Å². The average Bonchev–Trinajstić information content (AvgIpc) is 3.05. The van der Waals surface area contributed by atoms with E-state index in [1.807, 2.05) is 42.5 Å². The molecule has 0 unspecified atom stereocenters. The van der Waals surface area contributed by atoms with Gasteiger partial charge in [-0.1, -0.05) is 30.3 Å². The summed E-state index contributed by atoms with van der Waals surface area (Å²) in [7, 11) is 3.15. The second kappa shape index (κ2) is 10.7. The van der Waals surface area contributed by atoms with Crippen molar-refractivity contribution in [2.24, 2.45) is 0 Å². The van der Waals surface area contributed by atoms with Crippen LogP contribution >= 0.6 is 11.8 Å². The van der Waals surface area contributed by atoms with Crippen LogP contribution in [0.25, 0.3) is 6.08 Å². The predicted molar refractivity (Wildman–Crippen MR) is 120 cm³/mol. The van der Waals surface area contributed by atoms with Crippen LogP contribution in [0.1, 0.15) is 17.5 Å². The summed E-state index contributed by atoms with van der Waals surface area (Å²) in [5.41, 5.74) is 1.78. The van der Waals surface area contributed by atoms with E-state index in [-0.39, 0.29) is 36.6 Å². The molecule has 0 aromatic heterocycles. The molecule has 1 fully saturated rings. The van der Waals surface area contributed by atoms with Crippen molar-refractivity contribution in [1.29, 1.82) is 0 Å². The molecule has 0 aliphatic carbocycles. The minimum atomic E-state index is -0.337. The lowest BCUT2D eigenvalue weighted by Gasteiger charge is -2.13. The first-order valence-electron chi connectivity index (χ1n) is 9.79. The molecule has 1 aliphatic heterocycles. The van der Waals surface area contributed by atoms with Gasteiger partial charge in [0.1, 0.15) is 11.5 Å². The largest absolute Gasteiger partial charge is 0.497 e. The number of nitrogens with one attached hydrogen (secondary N) is 1. The van der Waals surface area contributed by atoms with E-state index in [0.717, 1.165) is 27.8 Å². The Kier molecular flexibility index (Phi) is 7.72. The van der Waals surface area contributed by atoms with E-state index in [1.54, 1.807) is 26.4 Å². The first-order chi connectivity index (χ1) is 15.0. The van der Waals surface area contributed by atoms with Crippen LogP contribution in [0.5, 0.6) is 11.5 Å². The van der Waals surface area contributed by atoms with Gasteiger partial charge in [-0.15, -0.1) is 0 Å². The molecule has 0 bridgehead atoms. The van der Waals surface area contributed by atoms with Crippen molar-refractivity contribution in [3.8, 4) is 11.5 Å². The highest BCUT2D eigenvalue weighted by Gasteiger charge is 2.34. The summed E-state index contributed by atoms with van der Waals surface area (Å²) in [6.45, 7) is 0.340. The number of carbonyl (C=O) groups is 3. The third-order valence-electron chi connectivity index (χ3n) is 4.68. The Hall–Kier alpha value is -3.26. The van der Waals surface area contributed by atoms with Crippen LogP contribution in [0.2, 0.25) is 0 Å². The van der Waals surface area contributed by atoms with E-state index in [1.165, 1.54) is 0 Å². The Balaban J connectivity index is 1.48. The fourth-order valence-electron chi connectivity index (χ4n) is 3.06. The third-order valence-corrected chi connectivity index (χ3v) is 5.59. The lowest BCUT2D eigenvalue weighted by molar-refractivity contribution is -0.124. The highest BCUT2D eigenvalue weighted by molar-refractivity contribution is 8.18. The Morgan fingerprint density at radius 3 is 2.39 bits per heavy atom. The van der Waals surface area contributed by atoms with Crippen LogP contribution in [0, 0.1) is 0 Å². The van der Waals surface area contributed by atoms with Crippen LogP contribution < -0.4 is 14.8 Å². The van der Waals surface area contributed by atoms with Crippen LogP contribution in [-0.2, 0) is 16.0 Å². The SMILES string of the molecule is COc1cc(CCC(=O)NCCN2C(=O)S/C(=C\c3ccccc3)C2=O)cc(OC)c1. The molecule has 162 valence electrons. The maximum Gasteiger partial charge on any atom is 0.293 e. The minimum absolute atomic E-state index is 0.134. The van der Waals surface area contributed by atoms with Gasteiger partial charge in [-0.05, 0) is 47.5 Å². The fourth-order valence-corrected chi connectivity index (χ4v) is 3.92. The minimum Gasteiger partial charge on any atom is -0.497 e. The number of hydrogen-bond acceptors (Lipinski definition) is 6. The quantitative estimate of drug-likeness (QED) is 0.601. The molecule has 0 spiro atoms. The number of aryl methyl sites for hydroxylation is 1. The molecule has 2 aromatic rings. The maximum absolute atomic E-state index is 12.5. The Bertz CT molecular complexity index is 968. The number of rotatable bonds is 9. The number of methoxy groups -OCH3 is 2. The molecular weight excluding hydrogens is 416 g/mol. The number of nitrogens with zero attached hydrogens (tertiary/aromatic N) is 1. The van der Waals surface area contributed by atoms with Crippen LogP contribution in [-0.4, -0.2) is 49.3 Å². The zero-order chi connectivity index (χ0) is 22.2. The molecule has 1 saturated heterocycles. The van der Waals surface area contributed by atoms with Crippen LogP contribution in [0.15, 0.2) is 53.4 Å². The van der Waals surface area contributed by atoms with Crippen molar-refractivity contribution in [3.63, 3.8) is 0 Å². The van der Waals surface area contributed by atoms with Crippen molar-refractivity contribution >= 4 is 34.9 Å². The van der Waals surface area contributed by atoms with Gasteiger partial charge in [0.2, 0.25) is 5.91 Å². The standard InChI is InChI=1S/C23H24N2O5S/c1-29-18-12-17(13-19(15-18)30-2)8-9-21(26)24-10-11-25-22(27)20(31-23(25)28)14-16-6-4-3-5-7-16/h3-7,12-15H,8-11H2,1-2H3,(H,24,26)/b20-14-. The second-order valence-electron chi connectivity index (χ2n) is 6.81. The molecule has 0 saturated carbocycles. The van der Waals surface area contributed by atoms with Crippen LogP contribution in [0.3, 0.4) is 0 Å². The highest BCUT2D eigenvalue weighted by atomic mass is 32.2. The van der Waals surface area contributed by atoms with Gasteiger partial charge in [0.15, 0.2) is 0 Å². The van der Waals surface area contributed by atoms with Gasteiger partial charge in [0.25, 0.3) is 11.1 Å². The third kappa shape index (κ3) is 6.11. The van der Waals surface area contributed by atoms with E-state index >= 15 is 0 Å². The molecule has 1 aliphatic rings. The molecule has 7 nitrogen and oxygen atoms in total. The lowest BCUT2D eigenvalue weighted by Crippen LogP contribution is -2.37. The summed E-state index contributed by atoms with van der Waals surface area (Å²) in [5.74, 6) is 0.834. The summed E-state index contributed by atoms with van der Waals surface area (Å²) in [6, 6.07) is 14.8. The van der Waals surface area contributed by atoms with E-state index in [4.69, 9.17) is 9.47 Å². The van der Waals surface area contributed by atoms with Crippen molar-refractivity contribution < 1.29 is 23.9 Å². The number of amides is 3. The first-order valence-corrected chi connectivity index (χ1v) is 10.6. The smallest absolute Gasteiger partial charge is 0.293 e. The van der Waals surface area contributed by atoms with Gasteiger partial charge in [0.05, 0.1) is 19.1 Å². The van der Waals surface area contributed by atoms with E-state index in [9.17, 15) is 14.4 Å². The van der Waals surface area contributed by atoms with Crippen molar-refractivity contribution in [1.82, 2.24) is 10.2 Å². The summed E-state index contributed by atoms with van der Waals surface area (Å²) in [4.78, 5) is 38.4. The van der Waals surface area contributed by atoms with Crippen molar-refractivity contribution in [3.05, 3.63) is 64.6 Å². The predicted octanol–water partition coefficient (Wildman–Crippen LogP) is 3.49. The van der Waals surface area contributed by atoms with E-state index in [2.05, 4.69) is 5.32 Å². The van der Waals surface area contributed by atoms with Crippen molar-refractivity contribution in [2.75, 3.05) is 27.3 Å². The summed E-state index contributed by atoms with van der Waals surface area (Å²) >= 11 is 0.912. The van der Waals surface area contributed by atoms with Gasteiger partial charge in [-0.3, -0.25) is 19.3 Å². The zero-order valence-electron chi connectivity index (χ0n) is 17.4. The number of thioether (sulfide) groups is 1. The molecule has 2 aromatic carbocycles. The van der Waals surface area contributed by atoms with Gasteiger partial charge in [-0.25, -0.2) is 0 Å². The Morgan fingerprint density at radius 1 is 1.06 bits per heavy atom. The normalized spacial score (nSPS) is 14.8. The van der Waals surface area contributed by atoms with Gasteiger partial charge in [-0.2, -0.15) is 0 Å². The molecule has 31 heavy (non-hydrogen) atoms. The highest BCUT2D eigenvalue weighted by Crippen LogP contribution is 2.31. The van der Waals surface area contributed by atoms with E-state index in [0.29, 0.717) is 22.8 Å². The molecule has 3 amide bonds. The number of hydrogen-bond donors (Lipinski definition) is 1. The topological polar surface area (TPSA) is 84.9 Å². The Labute approximate surface area is 185 Å². The average molecular weight is 441 g/mol. The molecular formula is C23H24N2O5S. The molecule has 1 N–H and O–H groups in total. The molecule has 0 radical (unpaired) electrons. The fraction of sp³-hybridized carbons (Fsp3) is 0.261. The number of ether oxygens (including phenoxy) is 2. The Morgan fingerprint density at radius 2 is 1.74 bits per heavy atom. The molecule has 1 heterocycles. The molecule has 3 rings (SSSR count). The lowest BCUT2D eigenvalue weighted by atomic mass is 10.1. The summed E-state index contributed by atoms with van der Waals surface area (Å²) < 4.78 is 10.5. The van der Waals surface area contributed by atoms with Crippen LogP contribution in [0.4, 0.5) is 4.79 Å². The summed E-state index contributed by atoms with van der Waals surface area (Å²) in [6.07, 6.45) is 2.48. The maximum atomic E-state index is 12.5. The monoisotopic (exact) mass is 440 g/mol. The number of benzene rings is 2. The van der Waals surface area contributed by atoms with Gasteiger partial charge >= 0.3 is 0 Å². The number of imide groups is 1. The molecule has 0 atom stereocenters. The first kappa shape index (κ1) is 22.4. The van der Waals surface area contributed by atoms with Crippen molar-refractivity contribution in [2.45, 2.75) is 12.8 Å². The summed E-state index contributed by atoms with van der Waals surface area (Å²) in [5, 5.41) is 2.44. The van der Waals surface area contributed by atoms with E-state index < -0.39 is 0 Å². The second-order valence-corrected chi connectivity index (χ2v) is 7.81. The zero-order valence-corrected chi connectivity index (χ0v) is 18.2. The number of carbonyl (C=O) groups excluding carboxylic acids is 3. The van der Waals surface area contributed by atoms with Gasteiger partial charge in [0, 0.05) is 25.6 Å². The molecule has 8 heteroatoms.